The van der Waals surface area contributed by atoms with Gasteiger partial charge in [-0.25, -0.2) is 4.98 Å². The normalized spacial score (nSPS) is 17.5. The van der Waals surface area contributed by atoms with Gasteiger partial charge in [-0.15, -0.1) is 11.3 Å². The molecule has 0 aliphatic heterocycles. The smallest absolute Gasteiger partial charge is 0.237 e. The van der Waals surface area contributed by atoms with E-state index in [0.29, 0.717) is 4.99 Å². The van der Waals surface area contributed by atoms with Crippen molar-refractivity contribution in [3.05, 3.63) is 23.7 Å². The fourth-order valence-electron chi connectivity index (χ4n) is 2.92. The van der Waals surface area contributed by atoms with E-state index in [1.807, 2.05) is 18.2 Å². The molecule has 110 valence electrons. The van der Waals surface area contributed by atoms with E-state index in [0.717, 1.165) is 48.0 Å². The van der Waals surface area contributed by atoms with Gasteiger partial charge in [0, 0.05) is 5.69 Å². The zero-order chi connectivity index (χ0) is 14.9. The Labute approximate surface area is 132 Å². The summed E-state index contributed by atoms with van der Waals surface area (Å²) >= 11 is 6.75. The van der Waals surface area contributed by atoms with Crippen molar-refractivity contribution in [2.45, 2.75) is 32.1 Å². The molecule has 1 saturated carbocycles. The van der Waals surface area contributed by atoms with Crippen molar-refractivity contribution in [2.24, 2.45) is 11.1 Å². The highest BCUT2D eigenvalue weighted by atomic mass is 32.1. The van der Waals surface area contributed by atoms with Crippen LogP contribution < -0.4 is 11.1 Å². The van der Waals surface area contributed by atoms with Gasteiger partial charge in [-0.05, 0) is 31.0 Å². The lowest BCUT2D eigenvalue weighted by molar-refractivity contribution is -0.123. The van der Waals surface area contributed by atoms with Gasteiger partial charge in [-0.2, -0.15) is 0 Å². The van der Waals surface area contributed by atoms with Crippen molar-refractivity contribution in [1.29, 1.82) is 0 Å². The predicted molar refractivity (Wildman–Crippen MR) is 90.6 cm³/mol. The molecule has 3 N–H and O–H groups in total. The number of nitrogens with one attached hydrogen (secondary N) is 1. The van der Waals surface area contributed by atoms with E-state index in [-0.39, 0.29) is 5.91 Å². The fraction of sp³-hybridized carbons (Fsp3) is 0.400. The summed E-state index contributed by atoms with van der Waals surface area (Å²) in [6.07, 6.45) is 4.63. The van der Waals surface area contributed by atoms with Crippen LogP contribution in [0, 0.1) is 5.41 Å². The van der Waals surface area contributed by atoms with Crippen molar-refractivity contribution in [1.82, 2.24) is 4.98 Å². The van der Waals surface area contributed by atoms with E-state index < -0.39 is 5.41 Å². The first-order valence-electron chi connectivity index (χ1n) is 7.06. The summed E-state index contributed by atoms with van der Waals surface area (Å²) in [5.41, 5.74) is 8.73. The van der Waals surface area contributed by atoms with Crippen molar-refractivity contribution in [2.75, 3.05) is 5.32 Å². The van der Waals surface area contributed by atoms with Crippen LogP contribution in [0.1, 0.15) is 32.1 Å². The van der Waals surface area contributed by atoms with E-state index in [1.54, 1.807) is 16.8 Å². The maximum atomic E-state index is 12.7. The molecule has 0 radical (unpaired) electrons. The number of benzene rings is 1. The number of thiocarbonyl (C=S) groups is 1. The van der Waals surface area contributed by atoms with Crippen molar-refractivity contribution in [3.63, 3.8) is 0 Å². The van der Waals surface area contributed by atoms with Gasteiger partial charge in [0.05, 0.1) is 26.1 Å². The van der Waals surface area contributed by atoms with Crippen LogP contribution in [0.15, 0.2) is 23.7 Å². The fourth-order valence-corrected chi connectivity index (χ4v) is 3.94. The first-order valence-corrected chi connectivity index (χ1v) is 8.35. The molecule has 1 aromatic carbocycles. The van der Waals surface area contributed by atoms with Gasteiger partial charge in [0.15, 0.2) is 0 Å². The first kappa shape index (κ1) is 14.4. The number of nitrogens with zero attached hydrogens (tertiary/aromatic N) is 1. The van der Waals surface area contributed by atoms with Crippen LogP contribution in [-0.4, -0.2) is 15.9 Å². The molecule has 0 atom stereocenters. The highest BCUT2D eigenvalue weighted by molar-refractivity contribution is 7.80. The lowest BCUT2D eigenvalue weighted by Gasteiger charge is -2.34. The number of nitrogens with two attached hydrogens (primary N) is 1. The van der Waals surface area contributed by atoms with Crippen molar-refractivity contribution >= 4 is 50.4 Å². The summed E-state index contributed by atoms with van der Waals surface area (Å²) in [6, 6.07) is 5.73. The monoisotopic (exact) mass is 319 g/mol. The van der Waals surface area contributed by atoms with Gasteiger partial charge < -0.3 is 11.1 Å². The molecule has 1 aliphatic rings. The Balaban J connectivity index is 1.84. The van der Waals surface area contributed by atoms with E-state index in [9.17, 15) is 4.79 Å². The molecule has 21 heavy (non-hydrogen) atoms. The van der Waals surface area contributed by atoms with Crippen LogP contribution in [0.5, 0.6) is 0 Å². The van der Waals surface area contributed by atoms with E-state index in [4.69, 9.17) is 18.0 Å². The van der Waals surface area contributed by atoms with Gasteiger partial charge in [0.1, 0.15) is 0 Å². The van der Waals surface area contributed by atoms with E-state index in [2.05, 4.69) is 10.3 Å². The average Bonchev–Trinajstić information content (AvgIpc) is 2.95. The Hall–Kier alpha value is -1.53. The lowest BCUT2D eigenvalue weighted by atomic mass is 9.73. The zero-order valence-corrected chi connectivity index (χ0v) is 13.2. The maximum Gasteiger partial charge on any atom is 0.237 e. The minimum atomic E-state index is -0.684. The van der Waals surface area contributed by atoms with Crippen LogP contribution in [-0.2, 0) is 4.79 Å². The highest BCUT2D eigenvalue weighted by Gasteiger charge is 2.42. The molecule has 0 unspecified atom stereocenters. The lowest BCUT2D eigenvalue weighted by Crippen LogP contribution is -2.47. The van der Waals surface area contributed by atoms with E-state index >= 15 is 0 Å². The number of hydrogen-bond acceptors (Lipinski definition) is 4. The topological polar surface area (TPSA) is 68.0 Å². The second-order valence-electron chi connectivity index (χ2n) is 5.50. The van der Waals surface area contributed by atoms with Crippen molar-refractivity contribution in [3.8, 4) is 0 Å². The minimum absolute atomic E-state index is 0.0708. The molecule has 1 fully saturated rings. The number of amides is 1. The SMILES string of the molecule is NC(=S)C1(C(=O)Nc2ccc3ncsc3c2)CCCCC1. The zero-order valence-electron chi connectivity index (χ0n) is 11.6. The number of thiazole rings is 1. The third kappa shape index (κ3) is 2.65. The number of carbonyl (C=O) groups is 1. The molecule has 1 amide bonds. The first-order chi connectivity index (χ1) is 10.1. The maximum absolute atomic E-state index is 12.7. The summed E-state index contributed by atoms with van der Waals surface area (Å²) in [5, 5.41) is 2.99. The van der Waals surface area contributed by atoms with Gasteiger partial charge in [0.25, 0.3) is 0 Å². The Bertz CT molecular complexity index is 689. The molecule has 1 aliphatic carbocycles. The summed E-state index contributed by atoms with van der Waals surface area (Å²) in [6.45, 7) is 0. The van der Waals surface area contributed by atoms with E-state index in [1.165, 1.54) is 0 Å². The molecular formula is C15H17N3OS2. The third-order valence-electron chi connectivity index (χ3n) is 4.20. The van der Waals surface area contributed by atoms with Gasteiger partial charge in [0.2, 0.25) is 5.91 Å². The molecule has 0 saturated heterocycles. The van der Waals surface area contributed by atoms with Crippen LogP contribution >= 0.6 is 23.6 Å². The number of aromatic nitrogens is 1. The Kier molecular flexibility index (Phi) is 3.91. The number of hydrogen-bond donors (Lipinski definition) is 2. The molecule has 1 aromatic heterocycles. The highest BCUT2D eigenvalue weighted by Crippen LogP contribution is 2.38. The summed E-state index contributed by atoms with van der Waals surface area (Å²) in [7, 11) is 0. The standard InChI is InChI=1S/C15H17N3OS2/c16-13(20)15(6-2-1-3-7-15)14(19)18-10-4-5-11-12(8-10)21-9-17-11/h4-5,8-9H,1-3,6-7H2,(H2,16,20)(H,18,19). The van der Waals surface area contributed by atoms with Crippen LogP contribution in [0.25, 0.3) is 10.2 Å². The molecule has 0 bridgehead atoms. The second kappa shape index (κ2) is 5.69. The number of anilines is 1. The quantitative estimate of drug-likeness (QED) is 0.850. The van der Waals surface area contributed by atoms with Crippen LogP contribution in [0.2, 0.25) is 0 Å². The molecule has 3 rings (SSSR count). The van der Waals surface area contributed by atoms with Gasteiger partial charge in [-0.1, -0.05) is 31.5 Å². The second-order valence-corrected chi connectivity index (χ2v) is 6.82. The average molecular weight is 319 g/mol. The molecule has 0 spiro atoms. The molecule has 2 aromatic rings. The molecule has 6 heteroatoms. The largest absolute Gasteiger partial charge is 0.392 e. The van der Waals surface area contributed by atoms with Crippen LogP contribution in [0.4, 0.5) is 5.69 Å². The summed E-state index contributed by atoms with van der Waals surface area (Å²) in [5.74, 6) is -0.0708. The van der Waals surface area contributed by atoms with Gasteiger partial charge in [-0.3, -0.25) is 4.79 Å². The predicted octanol–water partition coefficient (Wildman–Crippen LogP) is 3.47. The van der Waals surface area contributed by atoms with Crippen LogP contribution in [0.3, 0.4) is 0 Å². The Morgan fingerprint density at radius 1 is 1.33 bits per heavy atom. The van der Waals surface area contributed by atoms with Crippen molar-refractivity contribution < 1.29 is 4.79 Å². The molecule has 4 nitrogen and oxygen atoms in total. The molecule has 1 heterocycles. The summed E-state index contributed by atoms with van der Waals surface area (Å²) in [4.78, 5) is 17.3. The number of rotatable bonds is 3. The Morgan fingerprint density at radius 3 is 2.81 bits per heavy atom. The number of carbonyl (C=O) groups excluding carboxylic acids is 1. The summed E-state index contributed by atoms with van der Waals surface area (Å²) < 4.78 is 1.06. The van der Waals surface area contributed by atoms with Gasteiger partial charge >= 0.3 is 0 Å². The Morgan fingerprint density at radius 2 is 2.10 bits per heavy atom. The third-order valence-corrected chi connectivity index (χ3v) is 5.39. The minimum Gasteiger partial charge on any atom is -0.392 e. The number of fused-ring (bicyclic) bond motifs is 1. The molecular weight excluding hydrogens is 302 g/mol.